The summed E-state index contributed by atoms with van der Waals surface area (Å²) < 4.78 is 12.5. The number of carbonyl (C=O) groups excluding carboxylic acids is 1. The summed E-state index contributed by atoms with van der Waals surface area (Å²) in [5, 5.41) is -0.323. The molecule has 0 aromatic carbocycles. The standard InChI is InChI=1S/C9H7ClFNO/c10-9(13)7-3-6(7)8-2-1-5(11)4-12-8/h1-2,4,6-7H,3H2/t6?,7-/m0/s1. The van der Waals surface area contributed by atoms with Crippen LogP contribution in [0.1, 0.15) is 18.0 Å². The first-order valence-corrected chi connectivity index (χ1v) is 4.37. The smallest absolute Gasteiger partial charge is 0.225 e. The highest BCUT2D eigenvalue weighted by atomic mass is 35.5. The van der Waals surface area contributed by atoms with Crippen LogP contribution in [-0.2, 0) is 4.79 Å². The number of nitrogens with zero attached hydrogens (tertiary/aromatic N) is 1. The highest BCUT2D eigenvalue weighted by Gasteiger charge is 2.43. The fourth-order valence-electron chi connectivity index (χ4n) is 1.38. The van der Waals surface area contributed by atoms with Crippen molar-refractivity contribution in [3.05, 3.63) is 29.8 Å². The first-order chi connectivity index (χ1) is 6.18. The van der Waals surface area contributed by atoms with E-state index in [0.29, 0.717) is 0 Å². The Hall–Kier alpha value is -0.960. The van der Waals surface area contributed by atoms with Crippen molar-refractivity contribution in [3.63, 3.8) is 0 Å². The van der Waals surface area contributed by atoms with E-state index in [9.17, 15) is 9.18 Å². The molecule has 0 bridgehead atoms. The predicted molar refractivity (Wildman–Crippen MR) is 45.9 cm³/mol. The van der Waals surface area contributed by atoms with Crippen LogP contribution in [0.15, 0.2) is 18.3 Å². The fourth-order valence-corrected chi connectivity index (χ4v) is 1.62. The van der Waals surface area contributed by atoms with Gasteiger partial charge in [-0.2, -0.15) is 0 Å². The summed E-state index contributed by atoms with van der Waals surface area (Å²) in [5.41, 5.74) is 0.750. The van der Waals surface area contributed by atoms with Crippen LogP contribution >= 0.6 is 11.6 Å². The lowest BCUT2D eigenvalue weighted by molar-refractivity contribution is -0.112. The van der Waals surface area contributed by atoms with Crippen molar-refractivity contribution in [1.29, 1.82) is 0 Å². The van der Waals surface area contributed by atoms with Crippen molar-refractivity contribution in [2.45, 2.75) is 12.3 Å². The van der Waals surface area contributed by atoms with E-state index in [1.807, 2.05) is 0 Å². The topological polar surface area (TPSA) is 30.0 Å². The van der Waals surface area contributed by atoms with Gasteiger partial charge in [0.1, 0.15) is 5.82 Å². The second-order valence-corrected chi connectivity index (χ2v) is 3.53. The Bertz CT molecular complexity index is 338. The zero-order valence-electron chi connectivity index (χ0n) is 6.71. The molecule has 1 saturated carbocycles. The van der Waals surface area contributed by atoms with Gasteiger partial charge in [-0.25, -0.2) is 4.39 Å². The zero-order chi connectivity index (χ0) is 9.42. The summed E-state index contributed by atoms with van der Waals surface area (Å²) >= 11 is 5.31. The van der Waals surface area contributed by atoms with E-state index < -0.39 is 0 Å². The molecule has 2 atom stereocenters. The van der Waals surface area contributed by atoms with E-state index in [4.69, 9.17) is 11.6 Å². The van der Waals surface area contributed by atoms with Crippen molar-refractivity contribution in [2.24, 2.45) is 5.92 Å². The summed E-state index contributed by atoms with van der Waals surface area (Å²) in [6, 6.07) is 2.94. The first-order valence-electron chi connectivity index (χ1n) is 3.99. The second kappa shape index (κ2) is 3.07. The van der Waals surface area contributed by atoms with Crippen molar-refractivity contribution >= 4 is 16.8 Å². The Labute approximate surface area is 79.7 Å². The van der Waals surface area contributed by atoms with Crippen LogP contribution < -0.4 is 0 Å². The predicted octanol–water partition coefficient (Wildman–Crippen LogP) is 2.09. The molecule has 0 N–H and O–H groups in total. The molecule has 1 aliphatic rings. The molecule has 1 fully saturated rings. The number of hydrogen-bond acceptors (Lipinski definition) is 2. The molecule has 0 spiro atoms. The average Bonchev–Trinajstić information content (AvgIpc) is 2.85. The molecule has 1 unspecified atom stereocenters. The molecule has 4 heteroatoms. The summed E-state index contributed by atoms with van der Waals surface area (Å²) in [4.78, 5) is 14.6. The van der Waals surface area contributed by atoms with Gasteiger partial charge in [0.25, 0.3) is 0 Å². The molecule has 0 amide bonds. The molecule has 13 heavy (non-hydrogen) atoms. The Kier molecular flexibility index (Phi) is 2.04. The number of rotatable bonds is 2. The van der Waals surface area contributed by atoms with E-state index in [1.165, 1.54) is 6.07 Å². The van der Waals surface area contributed by atoms with Gasteiger partial charge in [-0.05, 0) is 30.2 Å². The quantitative estimate of drug-likeness (QED) is 0.683. The largest absolute Gasteiger partial charge is 0.281 e. The van der Waals surface area contributed by atoms with Crippen LogP contribution in [0, 0.1) is 11.7 Å². The number of carbonyl (C=O) groups is 1. The van der Waals surface area contributed by atoms with Gasteiger partial charge in [0.15, 0.2) is 0 Å². The van der Waals surface area contributed by atoms with Gasteiger partial charge in [-0.3, -0.25) is 9.78 Å². The van der Waals surface area contributed by atoms with Gasteiger partial charge in [-0.15, -0.1) is 0 Å². The SMILES string of the molecule is O=C(Cl)[C@H]1CC1c1ccc(F)cn1. The fraction of sp³-hybridized carbons (Fsp3) is 0.333. The Morgan fingerprint density at radius 2 is 2.38 bits per heavy atom. The van der Waals surface area contributed by atoms with Gasteiger partial charge in [-0.1, -0.05) is 0 Å². The lowest BCUT2D eigenvalue weighted by atomic mass is 10.2. The lowest BCUT2D eigenvalue weighted by Gasteiger charge is -1.95. The average molecular weight is 200 g/mol. The van der Waals surface area contributed by atoms with Crippen LogP contribution in [-0.4, -0.2) is 10.2 Å². The zero-order valence-corrected chi connectivity index (χ0v) is 7.46. The maximum atomic E-state index is 12.5. The van der Waals surface area contributed by atoms with E-state index >= 15 is 0 Å². The molecule has 1 heterocycles. The Balaban J connectivity index is 2.12. The van der Waals surface area contributed by atoms with Crippen molar-refractivity contribution in [2.75, 3.05) is 0 Å². The van der Waals surface area contributed by atoms with Gasteiger partial charge >= 0.3 is 0 Å². The minimum Gasteiger partial charge on any atom is -0.281 e. The third-order valence-corrected chi connectivity index (χ3v) is 2.49. The van der Waals surface area contributed by atoms with Crippen LogP contribution in [0.5, 0.6) is 0 Å². The maximum Gasteiger partial charge on any atom is 0.225 e. The minimum atomic E-state index is -0.363. The van der Waals surface area contributed by atoms with Crippen LogP contribution in [0.3, 0.4) is 0 Å². The number of hydrogen-bond donors (Lipinski definition) is 0. The van der Waals surface area contributed by atoms with Gasteiger partial charge in [0, 0.05) is 17.5 Å². The summed E-state index contributed by atoms with van der Waals surface area (Å²) in [5.74, 6) is -0.372. The summed E-state index contributed by atoms with van der Waals surface area (Å²) in [6.07, 6.45) is 1.89. The van der Waals surface area contributed by atoms with E-state index in [2.05, 4.69) is 4.98 Å². The normalized spacial score (nSPS) is 25.7. The van der Waals surface area contributed by atoms with Crippen LogP contribution in [0.2, 0.25) is 0 Å². The third kappa shape index (κ3) is 1.70. The summed E-state index contributed by atoms with van der Waals surface area (Å²) in [6.45, 7) is 0. The van der Waals surface area contributed by atoms with Crippen LogP contribution in [0.4, 0.5) is 4.39 Å². The highest BCUT2D eigenvalue weighted by Crippen LogP contribution is 2.47. The lowest BCUT2D eigenvalue weighted by Crippen LogP contribution is -1.94. The molecule has 2 nitrogen and oxygen atoms in total. The molecule has 0 saturated heterocycles. The van der Waals surface area contributed by atoms with E-state index in [-0.39, 0.29) is 22.9 Å². The van der Waals surface area contributed by atoms with Gasteiger partial charge in [0.05, 0.1) is 6.20 Å². The third-order valence-electron chi connectivity index (χ3n) is 2.21. The van der Waals surface area contributed by atoms with E-state index in [0.717, 1.165) is 18.3 Å². The summed E-state index contributed by atoms with van der Waals surface area (Å²) in [7, 11) is 0. The number of halogens is 2. The molecule has 1 aromatic heterocycles. The van der Waals surface area contributed by atoms with Gasteiger partial charge < -0.3 is 0 Å². The van der Waals surface area contributed by atoms with Crippen molar-refractivity contribution in [1.82, 2.24) is 4.98 Å². The molecule has 1 aromatic rings. The Morgan fingerprint density at radius 3 is 2.85 bits per heavy atom. The van der Waals surface area contributed by atoms with Crippen molar-refractivity contribution < 1.29 is 9.18 Å². The van der Waals surface area contributed by atoms with Crippen LogP contribution in [0.25, 0.3) is 0 Å². The molecule has 1 aliphatic carbocycles. The molecule has 2 rings (SSSR count). The highest BCUT2D eigenvalue weighted by molar-refractivity contribution is 6.64. The Morgan fingerprint density at radius 1 is 1.62 bits per heavy atom. The second-order valence-electron chi connectivity index (χ2n) is 3.15. The number of aromatic nitrogens is 1. The maximum absolute atomic E-state index is 12.5. The molecular weight excluding hydrogens is 193 g/mol. The molecule has 68 valence electrons. The monoisotopic (exact) mass is 199 g/mol. The first kappa shape index (κ1) is 8.63. The van der Waals surface area contributed by atoms with Gasteiger partial charge in [0.2, 0.25) is 5.24 Å². The van der Waals surface area contributed by atoms with Crippen molar-refractivity contribution in [3.8, 4) is 0 Å². The van der Waals surface area contributed by atoms with E-state index in [1.54, 1.807) is 6.07 Å². The number of pyridine rings is 1. The molecule has 0 aliphatic heterocycles. The molecule has 0 radical (unpaired) electrons. The minimum absolute atomic E-state index is 0.102. The molecular formula is C9H7ClFNO.